The maximum absolute atomic E-state index is 12.0. The van der Waals surface area contributed by atoms with Crippen LogP contribution in [0, 0.1) is 13.8 Å². The summed E-state index contributed by atoms with van der Waals surface area (Å²) in [6, 6.07) is 4.03. The molecule has 0 fully saturated rings. The second-order valence-electron chi connectivity index (χ2n) is 4.70. The highest BCUT2D eigenvalue weighted by atomic mass is 16.4. The van der Waals surface area contributed by atoms with E-state index in [2.05, 4.69) is 5.32 Å². The minimum Gasteiger partial charge on any atom is -0.480 e. The minimum atomic E-state index is -1.17. The number of carbonyl (C=O) groups is 2. The maximum atomic E-state index is 12.0. The highest BCUT2D eigenvalue weighted by molar-refractivity contribution is 5.94. The van der Waals surface area contributed by atoms with Gasteiger partial charge in [-0.3, -0.25) is 4.90 Å². The van der Waals surface area contributed by atoms with Crippen LogP contribution in [-0.4, -0.2) is 41.9 Å². The van der Waals surface area contributed by atoms with Gasteiger partial charge in [-0.25, -0.2) is 9.59 Å². The predicted octanol–water partition coefficient (Wildman–Crippen LogP) is 1.28. The fourth-order valence-corrected chi connectivity index (χ4v) is 1.92. The van der Waals surface area contributed by atoms with E-state index in [9.17, 15) is 9.59 Å². The summed E-state index contributed by atoms with van der Waals surface area (Å²) in [7, 11) is 1.57. The van der Waals surface area contributed by atoms with Gasteiger partial charge in [-0.05, 0) is 25.5 Å². The number of hydrogen-bond acceptors (Lipinski definition) is 3. The van der Waals surface area contributed by atoms with Gasteiger partial charge in [0.15, 0.2) is 0 Å². The van der Waals surface area contributed by atoms with Gasteiger partial charge >= 0.3 is 12.0 Å². The van der Waals surface area contributed by atoms with Crippen molar-refractivity contribution in [1.82, 2.24) is 5.32 Å². The fourth-order valence-electron chi connectivity index (χ4n) is 1.92. The predicted molar refractivity (Wildman–Crippen MR) is 76.0 cm³/mol. The Balaban J connectivity index is 2.83. The SMILES string of the molecule is Cc1ccc(N(C)C(=O)N[C@@H](CCO)C(=O)O)c(C)c1. The largest absolute Gasteiger partial charge is 0.480 e. The molecule has 0 heterocycles. The van der Waals surface area contributed by atoms with E-state index in [1.54, 1.807) is 7.05 Å². The van der Waals surface area contributed by atoms with Crippen LogP contribution in [0.5, 0.6) is 0 Å². The first-order chi connectivity index (χ1) is 9.36. The van der Waals surface area contributed by atoms with E-state index >= 15 is 0 Å². The normalized spacial score (nSPS) is 11.8. The van der Waals surface area contributed by atoms with Gasteiger partial charge in [-0.15, -0.1) is 0 Å². The molecule has 3 N–H and O–H groups in total. The molecule has 0 aliphatic carbocycles. The number of nitrogens with one attached hydrogen (secondary N) is 1. The number of nitrogens with zero attached hydrogens (tertiary/aromatic N) is 1. The van der Waals surface area contributed by atoms with Crippen LogP contribution >= 0.6 is 0 Å². The Bertz CT molecular complexity index is 502. The number of aliphatic hydroxyl groups excluding tert-OH is 1. The van der Waals surface area contributed by atoms with Crippen molar-refractivity contribution in [2.24, 2.45) is 0 Å². The third-order valence-electron chi connectivity index (χ3n) is 3.03. The Morgan fingerprint density at radius 1 is 1.35 bits per heavy atom. The second-order valence-corrected chi connectivity index (χ2v) is 4.70. The molecule has 0 unspecified atom stereocenters. The number of rotatable bonds is 5. The Labute approximate surface area is 118 Å². The van der Waals surface area contributed by atoms with Gasteiger partial charge in [0.2, 0.25) is 0 Å². The number of carboxylic acid groups (broad SMARTS) is 1. The number of aliphatic hydroxyl groups is 1. The lowest BCUT2D eigenvalue weighted by Crippen LogP contribution is -2.47. The molecule has 0 aliphatic heterocycles. The van der Waals surface area contributed by atoms with E-state index < -0.39 is 18.0 Å². The molecule has 110 valence electrons. The number of amides is 2. The van der Waals surface area contributed by atoms with Gasteiger partial charge < -0.3 is 15.5 Å². The highest BCUT2D eigenvalue weighted by Gasteiger charge is 2.22. The lowest BCUT2D eigenvalue weighted by molar-refractivity contribution is -0.139. The molecule has 1 aromatic carbocycles. The average Bonchev–Trinajstić information content (AvgIpc) is 2.37. The molecule has 6 nitrogen and oxygen atoms in total. The fraction of sp³-hybridized carbons (Fsp3) is 0.429. The smallest absolute Gasteiger partial charge is 0.326 e. The van der Waals surface area contributed by atoms with Crippen molar-refractivity contribution in [3.63, 3.8) is 0 Å². The van der Waals surface area contributed by atoms with Crippen molar-refractivity contribution in [3.05, 3.63) is 29.3 Å². The van der Waals surface area contributed by atoms with Crippen LogP contribution in [0.3, 0.4) is 0 Å². The number of aryl methyl sites for hydroxylation is 2. The first-order valence-electron chi connectivity index (χ1n) is 6.32. The number of carboxylic acids is 1. The van der Waals surface area contributed by atoms with Crippen molar-refractivity contribution in [2.75, 3.05) is 18.6 Å². The zero-order valence-electron chi connectivity index (χ0n) is 11.9. The lowest BCUT2D eigenvalue weighted by Gasteiger charge is -2.22. The Hall–Kier alpha value is -2.08. The number of urea groups is 1. The molecule has 20 heavy (non-hydrogen) atoms. The summed E-state index contributed by atoms with van der Waals surface area (Å²) in [4.78, 5) is 24.4. The molecule has 0 saturated carbocycles. The van der Waals surface area contributed by atoms with Gasteiger partial charge in [-0.1, -0.05) is 17.7 Å². The van der Waals surface area contributed by atoms with E-state index in [4.69, 9.17) is 10.2 Å². The zero-order valence-corrected chi connectivity index (χ0v) is 11.9. The number of benzene rings is 1. The van der Waals surface area contributed by atoms with Crippen LogP contribution in [0.2, 0.25) is 0 Å². The average molecular weight is 280 g/mol. The molecule has 0 saturated heterocycles. The molecule has 1 atom stereocenters. The Morgan fingerprint density at radius 2 is 2.00 bits per heavy atom. The van der Waals surface area contributed by atoms with Crippen LogP contribution < -0.4 is 10.2 Å². The summed E-state index contributed by atoms with van der Waals surface area (Å²) in [6.07, 6.45) is -0.0260. The summed E-state index contributed by atoms with van der Waals surface area (Å²) < 4.78 is 0. The summed E-state index contributed by atoms with van der Waals surface area (Å²) in [6.45, 7) is 3.54. The monoisotopic (exact) mass is 280 g/mol. The van der Waals surface area contributed by atoms with E-state index in [0.717, 1.165) is 11.1 Å². The molecule has 1 aromatic rings. The lowest BCUT2D eigenvalue weighted by atomic mass is 10.1. The summed E-state index contributed by atoms with van der Waals surface area (Å²) in [5, 5.41) is 20.1. The number of aliphatic carboxylic acids is 1. The first-order valence-corrected chi connectivity index (χ1v) is 6.32. The van der Waals surface area contributed by atoms with Crippen molar-refractivity contribution in [1.29, 1.82) is 0 Å². The molecule has 0 aliphatic rings. The van der Waals surface area contributed by atoms with Crippen LogP contribution in [0.25, 0.3) is 0 Å². The molecule has 0 spiro atoms. The van der Waals surface area contributed by atoms with Crippen LogP contribution in [0.4, 0.5) is 10.5 Å². The van der Waals surface area contributed by atoms with E-state index in [0.29, 0.717) is 5.69 Å². The molecule has 0 radical (unpaired) electrons. The zero-order chi connectivity index (χ0) is 15.3. The summed E-state index contributed by atoms with van der Waals surface area (Å²) >= 11 is 0. The van der Waals surface area contributed by atoms with Gasteiger partial charge in [-0.2, -0.15) is 0 Å². The van der Waals surface area contributed by atoms with E-state index in [-0.39, 0.29) is 13.0 Å². The van der Waals surface area contributed by atoms with E-state index in [1.807, 2.05) is 32.0 Å². The first kappa shape index (κ1) is 16.0. The molecule has 6 heteroatoms. The second kappa shape index (κ2) is 6.91. The number of anilines is 1. The number of carbonyl (C=O) groups excluding carboxylic acids is 1. The highest BCUT2D eigenvalue weighted by Crippen LogP contribution is 2.20. The van der Waals surface area contributed by atoms with Crippen LogP contribution in [0.1, 0.15) is 17.5 Å². The summed E-state index contributed by atoms with van der Waals surface area (Å²) in [5.74, 6) is -1.17. The van der Waals surface area contributed by atoms with Crippen molar-refractivity contribution < 1.29 is 19.8 Å². The van der Waals surface area contributed by atoms with Gasteiger partial charge in [0.1, 0.15) is 6.04 Å². The molecule has 0 bridgehead atoms. The third-order valence-corrected chi connectivity index (χ3v) is 3.03. The Morgan fingerprint density at radius 3 is 2.50 bits per heavy atom. The molecular formula is C14H20N2O4. The maximum Gasteiger partial charge on any atom is 0.326 e. The van der Waals surface area contributed by atoms with Gasteiger partial charge in [0.05, 0.1) is 0 Å². The third kappa shape index (κ3) is 3.96. The number of hydrogen-bond donors (Lipinski definition) is 3. The van der Waals surface area contributed by atoms with Gasteiger partial charge in [0, 0.05) is 25.8 Å². The quantitative estimate of drug-likeness (QED) is 0.758. The van der Waals surface area contributed by atoms with Crippen molar-refractivity contribution in [2.45, 2.75) is 26.3 Å². The molecular weight excluding hydrogens is 260 g/mol. The summed E-state index contributed by atoms with van der Waals surface area (Å²) in [5.41, 5.74) is 2.72. The van der Waals surface area contributed by atoms with Crippen LogP contribution in [0.15, 0.2) is 18.2 Å². The minimum absolute atomic E-state index is 0.0260. The Kier molecular flexibility index (Phi) is 5.52. The van der Waals surface area contributed by atoms with Crippen molar-refractivity contribution in [3.8, 4) is 0 Å². The topological polar surface area (TPSA) is 89.9 Å². The van der Waals surface area contributed by atoms with Crippen molar-refractivity contribution >= 4 is 17.7 Å². The van der Waals surface area contributed by atoms with Crippen LogP contribution in [-0.2, 0) is 4.79 Å². The molecule has 1 rings (SSSR count). The molecule has 2 amide bonds. The van der Waals surface area contributed by atoms with E-state index in [1.165, 1.54) is 4.90 Å². The van der Waals surface area contributed by atoms with Gasteiger partial charge in [0.25, 0.3) is 0 Å². The molecule has 0 aromatic heterocycles. The standard InChI is InChI=1S/C14H20N2O4/c1-9-4-5-12(10(2)8-9)16(3)14(20)15-11(6-7-17)13(18)19/h4-5,8,11,17H,6-7H2,1-3H3,(H,15,20)(H,18,19)/t11-/m0/s1.